The number of nitrogens with zero attached hydrogens (tertiary/aromatic N) is 3. The number of piperazine rings is 1. The highest BCUT2D eigenvalue weighted by atomic mass is 19.1. The number of amidine groups is 1. The number of carboxylic acid groups (broad SMARTS) is 1. The first-order valence-corrected chi connectivity index (χ1v) is 7.33. The molecule has 126 valence electrons. The third kappa shape index (κ3) is 3.53. The molecular weight excluding hydrogens is 303 g/mol. The first-order valence-electron chi connectivity index (χ1n) is 7.33. The number of hydrogen-bond acceptors (Lipinski definition) is 4. The summed E-state index contributed by atoms with van der Waals surface area (Å²) in [6.07, 6.45) is -0.967. The van der Waals surface area contributed by atoms with Crippen molar-refractivity contribution >= 4 is 11.9 Å². The van der Waals surface area contributed by atoms with Gasteiger partial charge in [0.2, 0.25) is 0 Å². The monoisotopic (exact) mass is 324 g/mol. The van der Waals surface area contributed by atoms with Gasteiger partial charge in [0.25, 0.3) is 0 Å². The van der Waals surface area contributed by atoms with E-state index in [1.54, 1.807) is 19.1 Å². The maximum atomic E-state index is 13.2. The molecule has 1 aromatic carbocycles. The molecule has 0 aromatic heterocycles. The van der Waals surface area contributed by atoms with Gasteiger partial charge in [0.15, 0.2) is 5.84 Å². The first kappa shape index (κ1) is 17.0. The summed E-state index contributed by atoms with van der Waals surface area (Å²) in [5.74, 6) is -0.386. The quantitative estimate of drug-likeness (QED) is 0.340. The lowest BCUT2D eigenvalue weighted by Gasteiger charge is -2.46. The fourth-order valence-electron chi connectivity index (χ4n) is 3.01. The average molecular weight is 324 g/mol. The molecule has 7 nitrogen and oxygen atoms in total. The van der Waals surface area contributed by atoms with Crippen LogP contribution in [0.15, 0.2) is 29.4 Å². The average Bonchev–Trinajstić information content (AvgIpc) is 2.51. The van der Waals surface area contributed by atoms with Gasteiger partial charge < -0.3 is 20.9 Å². The van der Waals surface area contributed by atoms with Crippen molar-refractivity contribution < 1.29 is 19.5 Å². The highest BCUT2D eigenvalue weighted by molar-refractivity contribution is 5.86. The van der Waals surface area contributed by atoms with Crippen LogP contribution in [-0.4, -0.2) is 57.2 Å². The zero-order valence-corrected chi connectivity index (χ0v) is 13.1. The predicted molar refractivity (Wildman–Crippen MR) is 82.9 cm³/mol. The molecule has 23 heavy (non-hydrogen) atoms. The number of nitrogens with two attached hydrogens (primary N) is 1. The molecule has 1 aromatic rings. The Labute approximate surface area is 133 Å². The second kappa shape index (κ2) is 6.82. The topological polar surface area (TPSA) is 102 Å². The lowest BCUT2D eigenvalue weighted by molar-refractivity contribution is 0.0326. The van der Waals surface area contributed by atoms with E-state index in [0.717, 1.165) is 0 Å². The van der Waals surface area contributed by atoms with Crippen LogP contribution in [0.3, 0.4) is 0 Å². The summed E-state index contributed by atoms with van der Waals surface area (Å²) in [5.41, 5.74) is 6.54. The Hall–Kier alpha value is -2.35. The smallest absolute Gasteiger partial charge is 0.407 e. The van der Waals surface area contributed by atoms with Crippen molar-refractivity contribution in [1.29, 1.82) is 0 Å². The molecule has 8 heteroatoms. The Kier molecular flexibility index (Phi) is 5.05. The van der Waals surface area contributed by atoms with Crippen LogP contribution in [-0.2, 0) is 0 Å². The van der Waals surface area contributed by atoms with Crippen LogP contribution in [0.1, 0.15) is 25.5 Å². The standard InChI is InChI=1S/C15H21FN4O3/c1-9-8-20(15(21)22)10(2)7-19(9)13(14(17)18-23)11-3-5-12(16)6-4-11/h3-6,9-10,13,23H,7-8H2,1-2H3,(H2,17,18)(H,21,22)/t9-,10+,13?/m1/s1. The summed E-state index contributed by atoms with van der Waals surface area (Å²) in [4.78, 5) is 14.6. The van der Waals surface area contributed by atoms with E-state index in [9.17, 15) is 14.3 Å². The van der Waals surface area contributed by atoms with Crippen LogP contribution in [0.2, 0.25) is 0 Å². The molecule has 3 atom stereocenters. The molecule has 1 aliphatic heterocycles. The van der Waals surface area contributed by atoms with Crippen molar-refractivity contribution in [1.82, 2.24) is 9.80 Å². The van der Waals surface area contributed by atoms with E-state index in [1.807, 2.05) is 11.8 Å². The summed E-state index contributed by atoms with van der Waals surface area (Å²) >= 11 is 0. The van der Waals surface area contributed by atoms with E-state index in [1.165, 1.54) is 17.0 Å². The SMILES string of the molecule is C[C@@H]1CN(C(=O)O)[C@@H](C)CN1C(/C(N)=N\O)c1ccc(F)cc1. The van der Waals surface area contributed by atoms with E-state index in [2.05, 4.69) is 5.16 Å². The Bertz CT molecular complexity index is 593. The minimum atomic E-state index is -0.967. The van der Waals surface area contributed by atoms with E-state index >= 15 is 0 Å². The van der Waals surface area contributed by atoms with E-state index in [4.69, 9.17) is 10.9 Å². The molecule has 2 rings (SSSR count). The van der Waals surface area contributed by atoms with Gasteiger partial charge in [0.05, 0.1) is 6.04 Å². The lowest BCUT2D eigenvalue weighted by atomic mass is 9.99. The molecule has 4 N–H and O–H groups in total. The molecule has 0 aliphatic carbocycles. The molecular formula is C15H21FN4O3. The van der Waals surface area contributed by atoms with Crippen LogP contribution < -0.4 is 5.73 Å². The predicted octanol–water partition coefficient (Wildman–Crippen LogP) is 1.69. The fourth-order valence-corrected chi connectivity index (χ4v) is 3.01. The van der Waals surface area contributed by atoms with Crippen LogP contribution in [0, 0.1) is 5.82 Å². The highest BCUT2D eigenvalue weighted by Gasteiger charge is 2.37. The number of rotatable bonds is 3. The number of hydrogen-bond donors (Lipinski definition) is 3. The molecule has 1 aliphatic rings. The Balaban J connectivity index is 2.33. The number of amides is 1. The highest BCUT2D eigenvalue weighted by Crippen LogP contribution is 2.28. The van der Waals surface area contributed by atoms with Crippen LogP contribution in [0.25, 0.3) is 0 Å². The van der Waals surface area contributed by atoms with E-state index in [0.29, 0.717) is 18.7 Å². The van der Waals surface area contributed by atoms with Gasteiger partial charge in [-0.3, -0.25) is 4.90 Å². The van der Waals surface area contributed by atoms with Gasteiger partial charge in [-0.15, -0.1) is 0 Å². The van der Waals surface area contributed by atoms with Gasteiger partial charge in [-0.2, -0.15) is 0 Å². The van der Waals surface area contributed by atoms with Gasteiger partial charge in [-0.25, -0.2) is 9.18 Å². The zero-order valence-electron chi connectivity index (χ0n) is 13.1. The normalized spacial score (nSPS) is 24.5. The molecule has 0 radical (unpaired) electrons. The Morgan fingerprint density at radius 3 is 2.43 bits per heavy atom. The van der Waals surface area contributed by atoms with Crippen molar-refractivity contribution in [3.8, 4) is 0 Å². The maximum Gasteiger partial charge on any atom is 0.407 e. The minimum Gasteiger partial charge on any atom is -0.465 e. The van der Waals surface area contributed by atoms with Crippen molar-refractivity contribution in [2.45, 2.75) is 32.0 Å². The Morgan fingerprint density at radius 2 is 1.91 bits per heavy atom. The molecule has 0 saturated carbocycles. The van der Waals surface area contributed by atoms with Crippen LogP contribution in [0.5, 0.6) is 0 Å². The molecule has 1 unspecified atom stereocenters. The second-order valence-corrected chi connectivity index (χ2v) is 5.81. The molecule has 1 fully saturated rings. The van der Waals surface area contributed by atoms with Crippen molar-refractivity contribution in [3.63, 3.8) is 0 Å². The summed E-state index contributed by atoms with van der Waals surface area (Å²) in [5, 5.41) is 21.4. The molecule has 1 saturated heterocycles. The van der Waals surface area contributed by atoms with Crippen molar-refractivity contribution in [2.75, 3.05) is 13.1 Å². The van der Waals surface area contributed by atoms with Crippen molar-refractivity contribution in [2.24, 2.45) is 10.9 Å². The summed E-state index contributed by atoms with van der Waals surface area (Å²) in [6.45, 7) is 4.42. The molecule has 0 spiro atoms. The van der Waals surface area contributed by atoms with Crippen molar-refractivity contribution in [3.05, 3.63) is 35.6 Å². The van der Waals surface area contributed by atoms with Gasteiger partial charge >= 0.3 is 6.09 Å². The Morgan fingerprint density at radius 1 is 1.30 bits per heavy atom. The van der Waals surface area contributed by atoms with E-state index in [-0.39, 0.29) is 23.7 Å². The van der Waals surface area contributed by atoms with E-state index < -0.39 is 12.1 Å². The van der Waals surface area contributed by atoms with Gasteiger partial charge in [-0.1, -0.05) is 17.3 Å². The summed E-state index contributed by atoms with van der Waals surface area (Å²) in [7, 11) is 0. The minimum absolute atomic E-state index is 0.0144. The largest absolute Gasteiger partial charge is 0.465 e. The zero-order chi connectivity index (χ0) is 17.1. The molecule has 0 bridgehead atoms. The number of carbonyl (C=O) groups is 1. The maximum absolute atomic E-state index is 13.2. The third-order valence-corrected chi connectivity index (χ3v) is 4.19. The summed E-state index contributed by atoms with van der Waals surface area (Å²) in [6, 6.07) is 4.87. The first-order chi connectivity index (χ1) is 10.8. The molecule has 1 amide bonds. The second-order valence-electron chi connectivity index (χ2n) is 5.81. The number of benzene rings is 1. The summed E-state index contributed by atoms with van der Waals surface area (Å²) < 4.78 is 13.2. The lowest BCUT2D eigenvalue weighted by Crippen LogP contribution is -2.59. The fraction of sp³-hybridized carbons (Fsp3) is 0.467. The number of oxime groups is 1. The van der Waals surface area contributed by atoms with Crippen LogP contribution >= 0.6 is 0 Å². The number of halogens is 1. The van der Waals surface area contributed by atoms with Gasteiger partial charge in [-0.05, 0) is 31.5 Å². The molecule has 1 heterocycles. The van der Waals surface area contributed by atoms with Crippen LogP contribution in [0.4, 0.5) is 9.18 Å². The van der Waals surface area contributed by atoms with Gasteiger partial charge in [0, 0.05) is 25.2 Å². The van der Waals surface area contributed by atoms with Gasteiger partial charge in [0.1, 0.15) is 5.82 Å². The third-order valence-electron chi connectivity index (χ3n) is 4.19.